The van der Waals surface area contributed by atoms with E-state index in [1.165, 1.54) is 11.2 Å². The summed E-state index contributed by atoms with van der Waals surface area (Å²) in [7, 11) is 0. The van der Waals surface area contributed by atoms with Crippen molar-refractivity contribution in [1.82, 2.24) is 20.2 Å². The number of carboxylic acids is 1. The largest absolute Gasteiger partial charge is 0.480 e. The molecule has 0 spiro atoms. The normalized spacial score (nSPS) is 13.0. The van der Waals surface area contributed by atoms with Crippen LogP contribution in [-0.4, -0.2) is 63.7 Å². The van der Waals surface area contributed by atoms with Crippen molar-refractivity contribution in [2.45, 2.75) is 25.3 Å². The van der Waals surface area contributed by atoms with Gasteiger partial charge < -0.3 is 25.0 Å². The van der Waals surface area contributed by atoms with Crippen molar-refractivity contribution in [2.75, 3.05) is 19.7 Å². The van der Waals surface area contributed by atoms with Crippen LogP contribution in [-0.2, 0) is 20.7 Å². The maximum Gasteiger partial charge on any atom is 0.407 e. The Bertz CT molecular complexity index is 1130. The van der Waals surface area contributed by atoms with E-state index in [1.54, 1.807) is 13.1 Å². The average molecular weight is 463 g/mol. The van der Waals surface area contributed by atoms with Gasteiger partial charge in [-0.3, -0.25) is 9.59 Å². The quantitative estimate of drug-likeness (QED) is 0.449. The Kier molecular flexibility index (Phi) is 6.91. The molecule has 0 fully saturated rings. The second-order valence-electron chi connectivity index (χ2n) is 8.05. The number of carbonyl (C=O) groups excluding carboxylic acids is 2. The Morgan fingerprint density at radius 3 is 2.32 bits per heavy atom. The van der Waals surface area contributed by atoms with Crippen LogP contribution in [0.15, 0.2) is 61.1 Å². The first kappa shape index (κ1) is 23.0. The van der Waals surface area contributed by atoms with Crippen molar-refractivity contribution in [1.29, 1.82) is 0 Å². The first-order chi connectivity index (χ1) is 16.5. The molecule has 34 heavy (non-hydrogen) atoms. The number of aromatic nitrogens is 2. The van der Waals surface area contributed by atoms with E-state index in [0.29, 0.717) is 5.69 Å². The number of amides is 2. The fourth-order valence-corrected chi connectivity index (χ4v) is 4.33. The minimum atomic E-state index is -1.13. The zero-order chi connectivity index (χ0) is 24.1. The van der Waals surface area contributed by atoms with Gasteiger partial charge in [0.2, 0.25) is 5.91 Å². The van der Waals surface area contributed by atoms with Gasteiger partial charge in [-0.25, -0.2) is 9.78 Å². The number of carbonyl (C=O) groups is 3. The molecule has 0 aliphatic heterocycles. The predicted octanol–water partition coefficient (Wildman–Crippen LogP) is 2.79. The molecule has 9 heteroatoms. The molecule has 2 aromatic carbocycles. The standard InChI is InChI=1S/C25H26N4O5/c1-2-29(13-23(30)31)24(32)22(11-16-12-26-15-27-16)28-25(33)34-14-21-19-9-5-3-7-17(19)18-8-4-6-10-20(18)21/h3-10,12,15,21-22H,2,11,13-14H2,1H3,(H,26,27)(H,28,33)(H,30,31)/t22-/m0/s1. The molecule has 1 heterocycles. The molecule has 1 aromatic heterocycles. The monoisotopic (exact) mass is 462 g/mol. The number of nitrogens with zero attached hydrogens (tertiary/aromatic N) is 2. The number of rotatable bonds is 9. The van der Waals surface area contributed by atoms with Crippen molar-refractivity contribution in [3.05, 3.63) is 77.9 Å². The van der Waals surface area contributed by atoms with E-state index in [9.17, 15) is 14.4 Å². The van der Waals surface area contributed by atoms with E-state index in [2.05, 4.69) is 27.4 Å². The number of ether oxygens (including phenoxy) is 1. The lowest BCUT2D eigenvalue weighted by molar-refractivity contribution is -0.145. The van der Waals surface area contributed by atoms with Gasteiger partial charge in [-0.2, -0.15) is 0 Å². The van der Waals surface area contributed by atoms with Crippen LogP contribution in [0.4, 0.5) is 4.79 Å². The highest BCUT2D eigenvalue weighted by Crippen LogP contribution is 2.44. The van der Waals surface area contributed by atoms with Gasteiger partial charge in [0.1, 0.15) is 19.2 Å². The Labute approximate surface area is 196 Å². The van der Waals surface area contributed by atoms with Gasteiger partial charge in [-0.05, 0) is 29.2 Å². The highest BCUT2D eigenvalue weighted by molar-refractivity contribution is 5.88. The number of imidazole rings is 1. The van der Waals surface area contributed by atoms with Crippen molar-refractivity contribution in [3.8, 4) is 11.1 Å². The van der Waals surface area contributed by atoms with Crippen molar-refractivity contribution < 1.29 is 24.2 Å². The van der Waals surface area contributed by atoms with Gasteiger partial charge in [0, 0.05) is 30.8 Å². The van der Waals surface area contributed by atoms with Crippen LogP contribution in [0, 0.1) is 0 Å². The van der Waals surface area contributed by atoms with E-state index in [1.807, 2.05) is 36.4 Å². The van der Waals surface area contributed by atoms with Gasteiger partial charge in [0.15, 0.2) is 0 Å². The molecule has 2 amide bonds. The Hall–Kier alpha value is -4.14. The van der Waals surface area contributed by atoms with Gasteiger partial charge in [-0.15, -0.1) is 0 Å². The SMILES string of the molecule is CCN(CC(=O)O)C(=O)[C@H](Cc1cnc[nH]1)NC(=O)OCC1c2ccccc2-c2ccccc21. The molecule has 176 valence electrons. The van der Waals surface area contributed by atoms with Crippen LogP contribution in [0.3, 0.4) is 0 Å². The molecule has 1 aliphatic rings. The maximum atomic E-state index is 13.0. The first-order valence-electron chi connectivity index (χ1n) is 11.1. The number of aromatic amines is 1. The summed E-state index contributed by atoms with van der Waals surface area (Å²) in [6, 6.07) is 15.0. The third-order valence-corrected chi connectivity index (χ3v) is 5.93. The number of benzene rings is 2. The number of aliphatic carboxylic acids is 1. The fourth-order valence-electron chi connectivity index (χ4n) is 4.33. The third-order valence-electron chi connectivity index (χ3n) is 5.93. The number of likely N-dealkylation sites (N-methyl/N-ethyl adjacent to an activating group) is 1. The number of hydrogen-bond donors (Lipinski definition) is 3. The van der Waals surface area contributed by atoms with Crippen LogP contribution in [0.25, 0.3) is 11.1 Å². The Morgan fingerprint density at radius 2 is 1.76 bits per heavy atom. The maximum absolute atomic E-state index is 13.0. The van der Waals surface area contributed by atoms with Gasteiger partial charge >= 0.3 is 12.1 Å². The molecular formula is C25H26N4O5. The van der Waals surface area contributed by atoms with E-state index < -0.39 is 30.6 Å². The molecule has 3 N–H and O–H groups in total. The molecule has 0 saturated heterocycles. The van der Waals surface area contributed by atoms with E-state index >= 15 is 0 Å². The zero-order valence-electron chi connectivity index (χ0n) is 18.7. The van der Waals surface area contributed by atoms with Crippen molar-refractivity contribution in [3.63, 3.8) is 0 Å². The molecule has 1 atom stereocenters. The summed E-state index contributed by atoms with van der Waals surface area (Å²) in [6.07, 6.45) is 2.40. The first-order valence-corrected chi connectivity index (χ1v) is 11.1. The Morgan fingerprint density at radius 1 is 1.12 bits per heavy atom. The lowest BCUT2D eigenvalue weighted by Gasteiger charge is -2.25. The summed E-state index contributed by atoms with van der Waals surface area (Å²) in [5, 5.41) is 11.7. The Balaban J connectivity index is 1.47. The summed E-state index contributed by atoms with van der Waals surface area (Å²) < 4.78 is 5.57. The lowest BCUT2D eigenvalue weighted by Crippen LogP contribution is -2.51. The van der Waals surface area contributed by atoms with E-state index in [0.717, 1.165) is 22.3 Å². The van der Waals surface area contributed by atoms with Crippen LogP contribution in [0.5, 0.6) is 0 Å². The molecular weight excluding hydrogens is 436 g/mol. The molecule has 0 unspecified atom stereocenters. The minimum absolute atomic E-state index is 0.109. The highest BCUT2D eigenvalue weighted by Gasteiger charge is 2.31. The van der Waals surface area contributed by atoms with Crippen LogP contribution in [0.2, 0.25) is 0 Å². The molecule has 9 nitrogen and oxygen atoms in total. The number of carboxylic acid groups (broad SMARTS) is 1. The highest BCUT2D eigenvalue weighted by atomic mass is 16.5. The molecule has 0 bridgehead atoms. The number of hydrogen-bond acceptors (Lipinski definition) is 5. The molecule has 0 radical (unpaired) electrons. The smallest absolute Gasteiger partial charge is 0.407 e. The van der Waals surface area contributed by atoms with Gasteiger partial charge in [0.05, 0.1) is 6.33 Å². The number of alkyl carbamates (subject to hydrolysis) is 1. The molecule has 3 aromatic rings. The van der Waals surface area contributed by atoms with Gasteiger partial charge in [-0.1, -0.05) is 48.5 Å². The zero-order valence-corrected chi connectivity index (χ0v) is 18.7. The number of H-pyrrole nitrogens is 1. The van der Waals surface area contributed by atoms with E-state index in [-0.39, 0.29) is 25.5 Å². The summed E-state index contributed by atoms with van der Waals surface area (Å²) in [6.45, 7) is 1.52. The third kappa shape index (κ3) is 4.93. The lowest BCUT2D eigenvalue weighted by atomic mass is 9.98. The number of nitrogens with one attached hydrogen (secondary N) is 2. The molecule has 4 rings (SSSR count). The summed E-state index contributed by atoms with van der Waals surface area (Å²) >= 11 is 0. The molecule has 1 aliphatic carbocycles. The minimum Gasteiger partial charge on any atom is -0.480 e. The van der Waals surface area contributed by atoms with Crippen LogP contribution < -0.4 is 5.32 Å². The second-order valence-corrected chi connectivity index (χ2v) is 8.05. The number of fused-ring (bicyclic) bond motifs is 3. The summed E-state index contributed by atoms with van der Waals surface area (Å²) in [5.41, 5.74) is 5.03. The topological polar surface area (TPSA) is 125 Å². The second kappa shape index (κ2) is 10.2. The molecule has 0 saturated carbocycles. The average Bonchev–Trinajstić information content (AvgIpc) is 3.46. The fraction of sp³-hybridized carbons (Fsp3) is 0.280. The van der Waals surface area contributed by atoms with Crippen molar-refractivity contribution in [2.24, 2.45) is 0 Å². The van der Waals surface area contributed by atoms with Crippen LogP contribution >= 0.6 is 0 Å². The summed E-state index contributed by atoms with van der Waals surface area (Å²) in [5.74, 6) is -1.75. The summed E-state index contributed by atoms with van der Waals surface area (Å²) in [4.78, 5) is 45.0. The van der Waals surface area contributed by atoms with Crippen LogP contribution in [0.1, 0.15) is 29.7 Å². The van der Waals surface area contributed by atoms with Gasteiger partial charge in [0.25, 0.3) is 0 Å². The van der Waals surface area contributed by atoms with E-state index in [4.69, 9.17) is 9.84 Å². The van der Waals surface area contributed by atoms with Crippen molar-refractivity contribution >= 4 is 18.0 Å². The predicted molar refractivity (Wildman–Crippen MR) is 124 cm³/mol.